The van der Waals surface area contributed by atoms with Crippen molar-refractivity contribution >= 4 is 23.5 Å². The highest BCUT2D eigenvalue weighted by atomic mass is 35.5. The molecule has 0 bridgehead atoms. The Morgan fingerprint density at radius 2 is 2.00 bits per heavy atom. The zero-order chi connectivity index (χ0) is 15.9. The lowest BCUT2D eigenvalue weighted by atomic mass is 10.2. The molecule has 0 unspecified atom stereocenters. The van der Waals surface area contributed by atoms with Crippen molar-refractivity contribution in [2.45, 2.75) is 20.0 Å². The van der Waals surface area contributed by atoms with Gasteiger partial charge in [0.25, 0.3) is 0 Å². The van der Waals surface area contributed by atoms with E-state index in [9.17, 15) is 0 Å². The highest BCUT2D eigenvalue weighted by Crippen LogP contribution is 2.27. The Kier molecular flexibility index (Phi) is 5.67. The molecule has 0 aliphatic heterocycles. The van der Waals surface area contributed by atoms with Gasteiger partial charge in [-0.1, -0.05) is 23.7 Å². The Bertz CT molecular complexity index is 657. The van der Waals surface area contributed by atoms with E-state index in [0.29, 0.717) is 10.8 Å². The number of ether oxygens (including phenoxy) is 2. The molecule has 22 heavy (non-hydrogen) atoms. The van der Waals surface area contributed by atoms with Crippen molar-refractivity contribution in [3.8, 4) is 11.5 Å². The van der Waals surface area contributed by atoms with E-state index in [4.69, 9.17) is 21.1 Å². The van der Waals surface area contributed by atoms with E-state index in [1.807, 2.05) is 44.2 Å². The summed E-state index contributed by atoms with van der Waals surface area (Å²) in [5.41, 5.74) is 4.67. The number of anilines is 1. The summed E-state index contributed by atoms with van der Waals surface area (Å²) < 4.78 is 10.8. The number of nitrogens with one attached hydrogen (secondary N) is 1. The summed E-state index contributed by atoms with van der Waals surface area (Å²) in [7, 11) is 1.58. The molecule has 0 aliphatic carbocycles. The third-order valence-electron chi connectivity index (χ3n) is 2.79. The predicted molar refractivity (Wildman–Crippen MR) is 91.4 cm³/mol. The minimum atomic E-state index is 0.145. The lowest BCUT2D eigenvalue weighted by Crippen LogP contribution is -2.05. The Hall–Kier alpha value is -2.20. The van der Waals surface area contributed by atoms with E-state index in [1.54, 1.807) is 25.5 Å². The van der Waals surface area contributed by atoms with Crippen LogP contribution < -0.4 is 14.9 Å². The molecule has 1 N–H and O–H groups in total. The van der Waals surface area contributed by atoms with Gasteiger partial charge in [0.05, 0.1) is 30.1 Å². The quantitative estimate of drug-likeness (QED) is 0.626. The summed E-state index contributed by atoms with van der Waals surface area (Å²) in [5.74, 6) is 1.46. The predicted octanol–water partition coefficient (Wildman–Crippen LogP) is 4.58. The standard InChI is InChI=1S/C17H19ClN2O2/c1-12(2)22-15-6-4-5-13(9-15)11-19-20-14-7-8-17(21-3)16(18)10-14/h4-12,20H,1-3H3/b19-11+. The van der Waals surface area contributed by atoms with Crippen LogP contribution in [-0.4, -0.2) is 19.4 Å². The van der Waals surface area contributed by atoms with E-state index in [1.165, 1.54) is 0 Å². The first-order valence-electron chi connectivity index (χ1n) is 6.98. The molecule has 0 radical (unpaired) electrons. The topological polar surface area (TPSA) is 42.8 Å². The fraction of sp³-hybridized carbons (Fsp3) is 0.235. The van der Waals surface area contributed by atoms with Crippen LogP contribution in [-0.2, 0) is 0 Å². The van der Waals surface area contributed by atoms with Gasteiger partial charge >= 0.3 is 0 Å². The van der Waals surface area contributed by atoms with Crippen LogP contribution in [0.4, 0.5) is 5.69 Å². The zero-order valence-corrected chi connectivity index (χ0v) is 13.6. The zero-order valence-electron chi connectivity index (χ0n) is 12.8. The summed E-state index contributed by atoms with van der Waals surface area (Å²) >= 11 is 6.06. The third-order valence-corrected chi connectivity index (χ3v) is 3.08. The second-order valence-corrected chi connectivity index (χ2v) is 5.37. The van der Waals surface area contributed by atoms with Gasteiger partial charge in [-0.25, -0.2) is 0 Å². The fourth-order valence-electron chi connectivity index (χ4n) is 1.86. The van der Waals surface area contributed by atoms with Crippen LogP contribution in [0.15, 0.2) is 47.6 Å². The first kappa shape index (κ1) is 16.2. The molecule has 5 heteroatoms. The molecule has 0 fully saturated rings. The summed E-state index contributed by atoms with van der Waals surface area (Å²) in [5, 5.41) is 4.74. The van der Waals surface area contributed by atoms with Gasteiger partial charge in [0.15, 0.2) is 0 Å². The number of nitrogens with zero attached hydrogens (tertiary/aromatic N) is 1. The summed E-state index contributed by atoms with van der Waals surface area (Å²) in [6, 6.07) is 13.1. The largest absolute Gasteiger partial charge is 0.495 e. The van der Waals surface area contributed by atoms with Crippen LogP contribution >= 0.6 is 11.6 Å². The molecule has 0 amide bonds. The Morgan fingerprint density at radius 3 is 2.68 bits per heavy atom. The van der Waals surface area contributed by atoms with Gasteiger partial charge < -0.3 is 9.47 Å². The van der Waals surface area contributed by atoms with E-state index >= 15 is 0 Å². The smallest absolute Gasteiger partial charge is 0.137 e. The van der Waals surface area contributed by atoms with E-state index in [-0.39, 0.29) is 6.10 Å². The number of rotatable bonds is 6. The summed E-state index contributed by atoms with van der Waals surface area (Å²) in [6.45, 7) is 3.99. The van der Waals surface area contributed by atoms with E-state index in [0.717, 1.165) is 17.0 Å². The van der Waals surface area contributed by atoms with Crippen molar-refractivity contribution < 1.29 is 9.47 Å². The van der Waals surface area contributed by atoms with Gasteiger partial charge in [0.2, 0.25) is 0 Å². The molecule has 0 aromatic heterocycles. The van der Waals surface area contributed by atoms with Gasteiger partial charge in [-0.05, 0) is 49.7 Å². The molecule has 0 atom stereocenters. The van der Waals surface area contributed by atoms with Crippen molar-refractivity contribution in [1.82, 2.24) is 0 Å². The Balaban J connectivity index is 2.01. The van der Waals surface area contributed by atoms with Crippen LogP contribution in [0.1, 0.15) is 19.4 Å². The van der Waals surface area contributed by atoms with Crippen LogP contribution in [0.25, 0.3) is 0 Å². The maximum atomic E-state index is 6.06. The average Bonchev–Trinajstić information content (AvgIpc) is 2.47. The van der Waals surface area contributed by atoms with Gasteiger partial charge in [0, 0.05) is 0 Å². The normalized spacial score (nSPS) is 11.0. The lowest BCUT2D eigenvalue weighted by Gasteiger charge is -2.09. The highest BCUT2D eigenvalue weighted by Gasteiger charge is 2.01. The number of halogens is 1. The van der Waals surface area contributed by atoms with Crippen LogP contribution in [0.3, 0.4) is 0 Å². The summed E-state index contributed by atoms with van der Waals surface area (Å²) in [6.07, 6.45) is 1.87. The molecule has 2 aromatic rings. The first-order chi connectivity index (χ1) is 10.6. The number of hydrazone groups is 1. The fourth-order valence-corrected chi connectivity index (χ4v) is 2.12. The van der Waals surface area contributed by atoms with Crippen molar-refractivity contribution in [2.75, 3.05) is 12.5 Å². The maximum Gasteiger partial charge on any atom is 0.137 e. The van der Waals surface area contributed by atoms with E-state index in [2.05, 4.69) is 10.5 Å². The Labute approximate surface area is 135 Å². The monoisotopic (exact) mass is 318 g/mol. The number of hydrogen-bond acceptors (Lipinski definition) is 4. The van der Waals surface area contributed by atoms with Crippen molar-refractivity contribution in [1.29, 1.82) is 0 Å². The van der Waals surface area contributed by atoms with Gasteiger partial charge in [-0.2, -0.15) is 5.10 Å². The van der Waals surface area contributed by atoms with Gasteiger partial charge in [-0.15, -0.1) is 0 Å². The molecule has 0 aliphatic rings. The Morgan fingerprint density at radius 1 is 1.18 bits per heavy atom. The maximum absolute atomic E-state index is 6.06. The molecule has 2 aromatic carbocycles. The summed E-state index contributed by atoms with van der Waals surface area (Å²) in [4.78, 5) is 0. The minimum absolute atomic E-state index is 0.145. The third kappa shape index (κ3) is 4.67. The number of hydrogen-bond donors (Lipinski definition) is 1. The minimum Gasteiger partial charge on any atom is -0.495 e. The van der Waals surface area contributed by atoms with Crippen LogP contribution in [0.2, 0.25) is 5.02 Å². The molecule has 4 nitrogen and oxygen atoms in total. The van der Waals surface area contributed by atoms with Crippen LogP contribution in [0, 0.1) is 0 Å². The molecule has 0 spiro atoms. The second kappa shape index (κ2) is 7.71. The molecular formula is C17H19ClN2O2. The van der Waals surface area contributed by atoms with Crippen molar-refractivity contribution in [3.63, 3.8) is 0 Å². The molecule has 2 rings (SSSR count). The molecule has 116 valence electrons. The van der Waals surface area contributed by atoms with Gasteiger partial charge in [0.1, 0.15) is 11.5 Å². The lowest BCUT2D eigenvalue weighted by molar-refractivity contribution is 0.242. The highest BCUT2D eigenvalue weighted by molar-refractivity contribution is 6.32. The molecular weight excluding hydrogens is 300 g/mol. The van der Waals surface area contributed by atoms with Crippen molar-refractivity contribution in [3.05, 3.63) is 53.1 Å². The van der Waals surface area contributed by atoms with Crippen molar-refractivity contribution in [2.24, 2.45) is 5.10 Å². The number of methoxy groups -OCH3 is 1. The molecule has 0 saturated carbocycles. The van der Waals surface area contributed by atoms with Crippen LogP contribution in [0.5, 0.6) is 11.5 Å². The first-order valence-corrected chi connectivity index (χ1v) is 7.35. The molecule has 0 saturated heterocycles. The molecule has 0 heterocycles. The van der Waals surface area contributed by atoms with Gasteiger partial charge in [-0.3, -0.25) is 5.43 Å². The average molecular weight is 319 g/mol. The van der Waals surface area contributed by atoms with E-state index < -0.39 is 0 Å². The SMILES string of the molecule is COc1ccc(N/N=C/c2cccc(OC(C)C)c2)cc1Cl. The second-order valence-electron chi connectivity index (χ2n) is 4.96. The number of benzene rings is 2.